The Bertz CT molecular complexity index is 379. The summed E-state index contributed by atoms with van der Waals surface area (Å²) in [6, 6.07) is 9.60. The van der Waals surface area contributed by atoms with Gasteiger partial charge in [0.05, 0.1) is 0 Å². The molecule has 3 heteroatoms. The molecule has 0 saturated heterocycles. The third-order valence-electron chi connectivity index (χ3n) is 1.68. The second kappa shape index (κ2) is 22.9. The maximum absolute atomic E-state index is 5.43. The summed E-state index contributed by atoms with van der Waals surface area (Å²) in [7, 11) is 0. The summed E-state index contributed by atoms with van der Waals surface area (Å²) in [4.78, 5) is 0. The van der Waals surface area contributed by atoms with Crippen LogP contribution < -0.4 is 17.0 Å². The maximum atomic E-state index is 5.43. The van der Waals surface area contributed by atoms with Crippen molar-refractivity contribution in [3.8, 4) is 0 Å². The minimum atomic E-state index is 0.685. The number of nitrogens with two attached hydrogens (primary N) is 2. The third kappa shape index (κ3) is 20.2. The van der Waals surface area contributed by atoms with Gasteiger partial charge >= 0.3 is 0 Å². The lowest BCUT2D eigenvalue weighted by atomic mass is 10.3. The molecule has 0 aromatic heterocycles. The summed E-state index contributed by atoms with van der Waals surface area (Å²) < 4.78 is 0. The summed E-state index contributed by atoms with van der Waals surface area (Å²) in [6.45, 7) is 15.0. The van der Waals surface area contributed by atoms with Gasteiger partial charge in [-0.05, 0) is 24.3 Å². The molecule has 0 atom stereocenters. The van der Waals surface area contributed by atoms with E-state index in [0.717, 1.165) is 5.69 Å². The van der Waals surface area contributed by atoms with E-state index in [1.54, 1.807) is 30.4 Å². The number of allylic oxidation sites excluding steroid dienone is 5. The van der Waals surface area contributed by atoms with Crippen LogP contribution >= 0.6 is 0 Å². The molecule has 0 heterocycles. The van der Waals surface area contributed by atoms with Crippen LogP contribution in [0.5, 0.6) is 0 Å². The van der Waals surface area contributed by atoms with Crippen molar-refractivity contribution in [2.45, 2.75) is 27.7 Å². The van der Waals surface area contributed by atoms with Crippen molar-refractivity contribution in [3.63, 3.8) is 0 Å². The van der Waals surface area contributed by atoms with Gasteiger partial charge < -0.3 is 11.2 Å². The van der Waals surface area contributed by atoms with Crippen LogP contribution in [0.3, 0.4) is 0 Å². The van der Waals surface area contributed by atoms with Gasteiger partial charge in [-0.1, -0.05) is 77.3 Å². The summed E-state index contributed by atoms with van der Waals surface area (Å²) in [5, 5.41) is 0. The van der Waals surface area contributed by atoms with Crippen molar-refractivity contribution in [2.24, 2.45) is 11.6 Å². The first-order valence-corrected chi connectivity index (χ1v) is 7.13. The Morgan fingerprint density at radius 3 is 1.86 bits per heavy atom. The molecule has 0 saturated carbocycles. The molecular weight excluding hydrogens is 258 g/mol. The first-order chi connectivity index (χ1) is 10.2. The molecule has 0 unspecified atom stereocenters. The van der Waals surface area contributed by atoms with Crippen molar-refractivity contribution >= 4 is 5.69 Å². The molecular formula is C18H31N3. The number of benzene rings is 1. The smallest absolute Gasteiger partial charge is 0.0485 e. The fourth-order valence-electron chi connectivity index (χ4n) is 0.905. The number of nitrogen functional groups attached to an aromatic ring is 1. The molecule has 0 aliphatic carbocycles. The minimum absolute atomic E-state index is 0.685. The van der Waals surface area contributed by atoms with Gasteiger partial charge in [0.2, 0.25) is 0 Å². The van der Waals surface area contributed by atoms with Crippen LogP contribution in [0.15, 0.2) is 79.6 Å². The predicted molar refractivity (Wildman–Crippen MR) is 98.8 cm³/mol. The normalized spacial score (nSPS) is 8.90. The first-order valence-electron chi connectivity index (χ1n) is 7.13. The monoisotopic (exact) mass is 289 g/mol. The number of nitrogens with one attached hydrogen (secondary N) is 1. The van der Waals surface area contributed by atoms with E-state index in [2.05, 4.69) is 18.6 Å². The van der Waals surface area contributed by atoms with E-state index in [0.29, 0.717) is 5.70 Å². The van der Waals surface area contributed by atoms with E-state index in [4.69, 9.17) is 11.6 Å². The molecule has 1 aromatic rings. The van der Waals surface area contributed by atoms with E-state index in [-0.39, 0.29) is 0 Å². The molecule has 118 valence electrons. The highest BCUT2D eigenvalue weighted by Gasteiger charge is 1.78. The number of para-hydroxylation sites is 1. The minimum Gasteiger partial charge on any atom is -0.399 e. The molecule has 1 aromatic carbocycles. The Labute approximate surface area is 130 Å². The first kappa shape index (κ1) is 23.8. The van der Waals surface area contributed by atoms with E-state index in [1.165, 1.54) is 0 Å². The number of anilines is 1. The summed E-state index contributed by atoms with van der Waals surface area (Å²) >= 11 is 0. The Kier molecular flexibility index (Phi) is 25.9. The van der Waals surface area contributed by atoms with Crippen LogP contribution in [0, 0.1) is 0 Å². The van der Waals surface area contributed by atoms with Crippen LogP contribution in [0.25, 0.3) is 0 Å². The van der Waals surface area contributed by atoms with Crippen LogP contribution in [0.2, 0.25) is 0 Å². The number of hydrogen-bond acceptors (Lipinski definition) is 3. The molecule has 3 nitrogen and oxygen atoms in total. The van der Waals surface area contributed by atoms with Crippen LogP contribution in [-0.2, 0) is 0 Å². The zero-order chi connectivity index (χ0) is 16.9. The molecule has 0 amide bonds. The van der Waals surface area contributed by atoms with Gasteiger partial charge in [-0.3, -0.25) is 5.84 Å². The second-order valence-corrected chi connectivity index (χ2v) is 3.01. The number of hydrogen-bond donors (Lipinski definition) is 3. The van der Waals surface area contributed by atoms with Crippen LogP contribution in [0.4, 0.5) is 5.69 Å². The summed E-state index contributed by atoms with van der Waals surface area (Å²) in [5.41, 5.74) is 9.58. The average Bonchev–Trinajstić information content (AvgIpc) is 2.58. The van der Waals surface area contributed by atoms with E-state index < -0.39 is 0 Å². The van der Waals surface area contributed by atoms with Gasteiger partial charge in [-0.2, -0.15) is 0 Å². The molecule has 0 aliphatic rings. The Hall–Kier alpha value is -2.26. The summed E-state index contributed by atoms with van der Waals surface area (Å²) in [5.74, 6) is 5.10. The Morgan fingerprint density at radius 1 is 1.00 bits per heavy atom. The molecule has 1 rings (SSSR count). The second-order valence-electron chi connectivity index (χ2n) is 3.01. The molecule has 21 heavy (non-hydrogen) atoms. The molecule has 5 N–H and O–H groups in total. The van der Waals surface area contributed by atoms with Gasteiger partial charge in [-0.25, -0.2) is 0 Å². The molecule has 0 radical (unpaired) electrons. The fraction of sp³-hybridized carbons (Fsp3) is 0.222. The third-order valence-corrected chi connectivity index (χ3v) is 1.68. The Balaban J connectivity index is -0.000000250. The van der Waals surface area contributed by atoms with Crippen molar-refractivity contribution < 1.29 is 0 Å². The standard InChI is InChI=1S/C8H11N.C6H8N2.2C2H6/c1-3-5-7-8(9)6-4-2;7-8-6-4-2-1-3-5-6;2*1-2/h3-7H,1-2,9H2;1-5,8H,7H2;2*1-2H3/b7-5-,8-6+;;;. The average molecular weight is 289 g/mol. The SMILES string of the molecule is C=C/C=C\C(N)=C/C=C.CC.CC.NNc1ccccc1. The van der Waals surface area contributed by atoms with E-state index in [1.807, 2.05) is 58.0 Å². The van der Waals surface area contributed by atoms with E-state index >= 15 is 0 Å². The predicted octanol–water partition coefficient (Wildman–Crippen LogP) is 4.78. The zero-order valence-electron chi connectivity index (χ0n) is 13.8. The molecule has 0 aliphatic heterocycles. The quantitative estimate of drug-likeness (QED) is 0.424. The topological polar surface area (TPSA) is 64.1 Å². The maximum Gasteiger partial charge on any atom is 0.0485 e. The van der Waals surface area contributed by atoms with Gasteiger partial charge in [0.25, 0.3) is 0 Å². The lowest BCUT2D eigenvalue weighted by molar-refractivity contribution is 1.35. The molecule has 0 bridgehead atoms. The fourth-order valence-corrected chi connectivity index (χ4v) is 0.905. The zero-order valence-corrected chi connectivity index (χ0v) is 13.8. The number of hydrazine groups is 1. The van der Waals surface area contributed by atoms with Gasteiger partial charge in [0, 0.05) is 11.4 Å². The summed E-state index contributed by atoms with van der Waals surface area (Å²) in [6.07, 6.45) is 8.57. The van der Waals surface area contributed by atoms with Gasteiger partial charge in [-0.15, -0.1) is 0 Å². The lowest BCUT2D eigenvalue weighted by Crippen LogP contribution is -2.05. The number of rotatable bonds is 4. The highest BCUT2D eigenvalue weighted by molar-refractivity contribution is 5.40. The highest BCUT2D eigenvalue weighted by Crippen LogP contribution is 2.00. The van der Waals surface area contributed by atoms with Crippen molar-refractivity contribution in [1.29, 1.82) is 0 Å². The van der Waals surface area contributed by atoms with Crippen molar-refractivity contribution in [2.75, 3.05) is 5.43 Å². The lowest BCUT2D eigenvalue weighted by Gasteiger charge is -1.94. The van der Waals surface area contributed by atoms with Crippen molar-refractivity contribution in [3.05, 3.63) is 79.6 Å². The van der Waals surface area contributed by atoms with Crippen LogP contribution in [-0.4, -0.2) is 0 Å². The van der Waals surface area contributed by atoms with Gasteiger partial charge in [0.1, 0.15) is 0 Å². The van der Waals surface area contributed by atoms with E-state index in [9.17, 15) is 0 Å². The highest BCUT2D eigenvalue weighted by atomic mass is 15.2. The van der Waals surface area contributed by atoms with Crippen LogP contribution in [0.1, 0.15) is 27.7 Å². The van der Waals surface area contributed by atoms with Gasteiger partial charge in [0.15, 0.2) is 0 Å². The molecule has 0 fully saturated rings. The largest absolute Gasteiger partial charge is 0.399 e. The Morgan fingerprint density at radius 2 is 1.52 bits per heavy atom. The van der Waals surface area contributed by atoms with Crippen molar-refractivity contribution in [1.82, 2.24) is 0 Å². The molecule has 0 spiro atoms.